The van der Waals surface area contributed by atoms with Crippen LogP contribution in [0.2, 0.25) is 18.1 Å². The highest BCUT2D eigenvalue weighted by molar-refractivity contribution is 6.74. The minimum absolute atomic E-state index is 0.161. The molecule has 0 aromatic heterocycles. The molecule has 0 heterocycles. The monoisotopic (exact) mass is 270 g/mol. The summed E-state index contributed by atoms with van der Waals surface area (Å²) in [6.45, 7) is 13.6. The van der Waals surface area contributed by atoms with Crippen LogP contribution in [0.1, 0.15) is 47.0 Å². The van der Waals surface area contributed by atoms with Gasteiger partial charge in [-0.15, -0.1) is 0 Å². The van der Waals surface area contributed by atoms with Crippen molar-refractivity contribution in [2.24, 2.45) is 17.8 Å². The van der Waals surface area contributed by atoms with Gasteiger partial charge in [-0.25, -0.2) is 0 Å². The molecule has 2 nitrogen and oxygen atoms in total. The lowest BCUT2D eigenvalue weighted by Crippen LogP contribution is -2.46. The standard InChI is InChI=1S/C15H30O2Si/c1-10(16)12-7-11-8-13(12)14(9-11)17-18(5,6)15(2,3)4/h10-14,16H,7-9H2,1-6H3/t10-,11+,12-,13+,14-/m0/s1. The third-order valence-corrected chi connectivity index (χ3v) is 10.2. The summed E-state index contributed by atoms with van der Waals surface area (Å²) in [7, 11) is -1.65. The number of aliphatic hydroxyl groups excluding tert-OH is 1. The van der Waals surface area contributed by atoms with E-state index in [-0.39, 0.29) is 11.1 Å². The van der Waals surface area contributed by atoms with Crippen molar-refractivity contribution in [2.45, 2.75) is 77.3 Å². The molecule has 0 amide bonds. The van der Waals surface area contributed by atoms with E-state index in [2.05, 4.69) is 33.9 Å². The molecule has 0 radical (unpaired) electrons. The van der Waals surface area contributed by atoms with Crippen LogP contribution in [0.5, 0.6) is 0 Å². The van der Waals surface area contributed by atoms with Crippen molar-refractivity contribution in [3.8, 4) is 0 Å². The third kappa shape index (κ3) is 2.54. The summed E-state index contributed by atoms with van der Waals surface area (Å²) in [5.41, 5.74) is 0. The molecular weight excluding hydrogens is 240 g/mol. The fraction of sp³-hybridized carbons (Fsp3) is 1.00. The Hall–Kier alpha value is 0.137. The maximum absolute atomic E-state index is 9.91. The van der Waals surface area contributed by atoms with E-state index in [1.54, 1.807) is 0 Å². The highest BCUT2D eigenvalue weighted by Gasteiger charge is 2.51. The average molecular weight is 270 g/mol. The van der Waals surface area contributed by atoms with Crippen LogP contribution in [0.4, 0.5) is 0 Å². The smallest absolute Gasteiger partial charge is 0.192 e. The van der Waals surface area contributed by atoms with Gasteiger partial charge in [0, 0.05) is 6.10 Å². The molecule has 0 spiro atoms. The number of aliphatic hydroxyl groups is 1. The van der Waals surface area contributed by atoms with Gasteiger partial charge in [0.15, 0.2) is 8.32 Å². The van der Waals surface area contributed by atoms with E-state index >= 15 is 0 Å². The molecule has 106 valence electrons. The van der Waals surface area contributed by atoms with Crippen LogP contribution in [0, 0.1) is 17.8 Å². The molecular formula is C15H30O2Si. The van der Waals surface area contributed by atoms with E-state index in [9.17, 15) is 5.11 Å². The molecule has 2 fully saturated rings. The van der Waals surface area contributed by atoms with Crippen molar-refractivity contribution in [2.75, 3.05) is 0 Å². The Labute approximate surface area is 113 Å². The van der Waals surface area contributed by atoms with Crippen LogP contribution in [-0.2, 0) is 4.43 Å². The van der Waals surface area contributed by atoms with Gasteiger partial charge in [-0.05, 0) is 62.1 Å². The Kier molecular flexibility index (Phi) is 3.72. The summed E-state index contributed by atoms with van der Waals surface area (Å²) in [6.07, 6.45) is 4.00. The van der Waals surface area contributed by atoms with Crippen LogP contribution in [0.25, 0.3) is 0 Å². The molecule has 0 saturated heterocycles. The first kappa shape index (κ1) is 14.5. The van der Waals surface area contributed by atoms with Gasteiger partial charge in [0.2, 0.25) is 0 Å². The Bertz CT molecular complexity index is 306. The van der Waals surface area contributed by atoms with Gasteiger partial charge in [-0.2, -0.15) is 0 Å². The van der Waals surface area contributed by atoms with Gasteiger partial charge < -0.3 is 9.53 Å². The molecule has 3 heteroatoms. The van der Waals surface area contributed by atoms with Crippen molar-refractivity contribution in [3.05, 3.63) is 0 Å². The zero-order valence-corrected chi connectivity index (χ0v) is 13.9. The van der Waals surface area contributed by atoms with Crippen LogP contribution in [-0.4, -0.2) is 25.6 Å². The zero-order chi connectivity index (χ0) is 13.7. The van der Waals surface area contributed by atoms with E-state index in [0.717, 1.165) is 5.92 Å². The van der Waals surface area contributed by atoms with Crippen molar-refractivity contribution in [1.82, 2.24) is 0 Å². The molecule has 0 aromatic rings. The molecule has 2 saturated carbocycles. The molecule has 1 N–H and O–H groups in total. The molecule has 0 aliphatic heterocycles. The molecule has 0 unspecified atom stereocenters. The van der Waals surface area contributed by atoms with E-state index < -0.39 is 8.32 Å². The van der Waals surface area contributed by atoms with Gasteiger partial charge in [0.05, 0.1) is 6.10 Å². The number of hydrogen-bond donors (Lipinski definition) is 1. The molecule has 2 rings (SSSR count). The quantitative estimate of drug-likeness (QED) is 0.790. The van der Waals surface area contributed by atoms with Crippen LogP contribution in [0.3, 0.4) is 0 Å². The first-order valence-corrected chi connectivity index (χ1v) is 10.4. The molecule has 5 atom stereocenters. The largest absolute Gasteiger partial charge is 0.414 e. The Morgan fingerprint density at radius 1 is 1.17 bits per heavy atom. The summed E-state index contributed by atoms with van der Waals surface area (Å²) < 4.78 is 6.61. The average Bonchev–Trinajstić information content (AvgIpc) is 2.73. The molecule has 2 aliphatic carbocycles. The summed E-state index contributed by atoms with van der Waals surface area (Å²) in [4.78, 5) is 0. The first-order valence-electron chi connectivity index (χ1n) is 7.47. The fourth-order valence-corrected chi connectivity index (χ4v) is 4.97. The van der Waals surface area contributed by atoms with Gasteiger partial charge >= 0.3 is 0 Å². The van der Waals surface area contributed by atoms with Crippen LogP contribution in [0.15, 0.2) is 0 Å². The lowest BCUT2D eigenvalue weighted by Gasteiger charge is -2.42. The maximum Gasteiger partial charge on any atom is 0.192 e. The third-order valence-electron chi connectivity index (χ3n) is 5.68. The SMILES string of the molecule is C[C@H](O)[C@@H]1C[C@@H]2C[C@H]1[C@@H](O[Si](C)(C)C(C)(C)C)C2. The lowest BCUT2D eigenvalue weighted by molar-refractivity contribution is 0.0264. The zero-order valence-electron chi connectivity index (χ0n) is 12.9. The predicted octanol–water partition coefficient (Wildman–Crippen LogP) is 3.80. The molecule has 2 bridgehead atoms. The predicted molar refractivity (Wildman–Crippen MR) is 78.1 cm³/mol. The van der Waals surface area contributed by atoms with Crippen LogP contribution < -0.4 is 0 Å². The topological polar surface area (TPSA) is 29.5 Å². The van der Waals surface area contributed by atoms with E-state index in [1.165, 1.54) is 19.3 Å². The van der Waals surface area contributed by atoms with Gasteiger partial charge in [-0.3, -0.25) is 0 Å². The highest BCUT2D eigenvalue weighted by Crippen LogP contribution is 2.52. The van der Waals surface area contributed by atoms with Crippen LogP contribution >= 0.6 is 0 Å². The fourth-order valence-electron chi connectivity index (χ4n) is 3.58. The summed E-state index contributed by atoms with van der Waals surface area (Å²) in [6, 6.07) is 0. The second-order valence-corrected chi connectivity index (χ2v) is 12.8. The summed E-state index contributed by atoms with van der Waals surface area (Å²) in [5.74, 6) is 1.91. The second kappa shape index (κ2) is 4.60. The van der Waals surface area contributed by atoms with Gasteiger partial charge in [-0.1, -0.05) is 20.8 Å². The lowest BCUT2D eigenvalue weighted by atomic mass is 9.83. The molecule has 0 aromatic carbocycles. The number of fused-ring (bicyclic) bond motifs is 2. The Morgan fingerprint density at radius 2 is 1.78 bits per heavy atom. The Morgan fingerprint density at radius 3 is 2.22 bits per heavy atom. The first-order chi connectivity index (χ1) is 8.12. The van der Waals surface area contributed by atoms with Gasteiger partial charge in [0.1, 0.15) is 0 Å². The minimum Gasteiger partial charge on any atom is -0.414 e. The van der Waals surface area contributed by atoms with Crippen molar-refractivity contribution in [3.63, 3.8) is 0 Å². The van der Waals surface area contributed by atoms with Crippen molar-refractivity contribution < 1.29 is 9.53 Å². The van der Waals surface area contributed by atoms with E-state index in [1.807, 2.05) is 6.92 Å². The normalized spacial score (nSPS) is 38.2. The van der Waals surface area contributed by atoms with E-state index in [4.69, 9.17) is 4.43 Å². The highest BCUT2D eigenvalue weighted by atomic mass is 28.4. The molecule has 18 heavy (non-hydrogen) atoms. The Balaban J connectivity index is 2.04. The second-order valence-electron chi connectivity index (χ2n) is 8.06. The van der Waals surface area contributed by atoms with Crippen molar-refractivity contribution in [1.29, 1.82) is 0 Å². The maximum atomic E-state index is 9.91. The van der Waals surface area contributed by atoms with Gasteiger partial charge in [0.25, 0.3) is 0 Å². The van der Waals surface area contributed by atoms with E-state index in [0.29, 0.717) is 17.9 Å². The number of rotatable bonds is 3. The number of hydrogen-bond acceptors (Lipinski definition) is 2. The summed E-state index contributed by atoms with van der Waals surface area (Å²) >= 11 is 0. The molecule has 2 aliphatic rings. The van der Waals surface area contributed by atoms with Crippen molar-refractivity contribution >= 4 is 8.32 Å². The minimum atomic E-state index is -1.65. The summed E-state index contributed by atoms with van der Waals surface area (Å²) in [5, 5.41) is 10.2.